The Kier molecular flexibility index (Phi) is 4.27. The molecule has 24 heavy (non-hydrogen) atoms. The Morgan fingerprint density at radius 3 is 2.62 bits per heavy atom. The molecule has 1 aliphatic rings. The summed E-state index contributed by atoms with van der Waals surface area (Å²) in [6, 6.07) is 10.2. The minimum Gasteiger partial charge on any atom is -0.295 e. The van der Waals surface area contributed by atoms with Gasteiger partial charge in [0.25, 0.3) is 0 Å². The lowest BCUT2D eigenvalue weighted by molar-refractivity contribution is -0.117. The third-order valence-corrected chi connectivity index (χ3v) is 4.56. The molecule has 1 heterocycles. The highest BCUT2D eigenvalue weighted by Crippen LogP contribution is 2.36. The van der Waals surface area contributed by atoms with Gasteiger partial charge in [-0.15, -0.1) is 0 Å². The van der Waals surface area contributed by atoms with E-state index in [1.165, 1.54) is 0 Å². The van der Waals surface area contributed by atoms with Crippen LogP contribution in [0.2, 0.25) is 0 Å². The number of rotatable bonds is 4. The van der Waals surface area contributed by atoms with Crippen LogP contribution in [0.15, 0.2) is 48.6 Å². The zero-order valence-electron chi connectivity index (χ0n) is 14.6. The van der Waals surface area contributed by atoms with Gasteiger partial charge < -0.3 is 0 Å². The highest BCUT2D eigenvalue weighted by atomic mass is 16.1. The number of nitrogens with zero attached hydrogens (tertiary/aromatic N) is 1. The summed E-state index contributed by atoms with van der Waals surface area (Å²) in [4.78, 5) is 12.0. The topological polar surface area (TPSA) is 45.8 Å². The van der Waals surface area contributed by atoms with Crippen LogP contribution in [0.5, 0.6) is 0 Å². The Morgan fingerprint density at radius 1 is 1.25 bits per heavy atom. The van der Waals surface area contributed by atoms with Gasteiger partial charge in [0.1, 0.15) is 0 Å². The predicted octanol–water partition coefficient (Wildman–Crippen LogP) is 4.64. The molecule has 0 radical (unpaired) electrons. The van der Waals surface area contributed by atoms with Crippen LogP contribution in [0.4, 0.5) is 0 Å². The molecule has 0 atom stereocenters. The number of hydrogen-bond acceptors (Lipinski definition) is 2. The first-order valence-electron chi connectivity index (χ1n) is 8.36. The summed E-state index contributed by atoms with van der Waals surface area (Å²) in [6.07, 6.45) is 4.06. The molecule has 0 spiro atoms. The van der Waals surface area contributed by atoms with E-state index in [0.29, 0.717) is 12.8 Å². The molecule has 0 bridgehead atoms. The maximum Gasteiger partial charge on any atom is 0.156 e. The number of benzene rings is 1. The van der Waals surface area contributed by atoms with Gasteiger partial charge in [-0.3, -0.25) is 9.89 Å². The number of allylic oxidation sites excluding steroid dienone is 2. The molecule has 3 rings (SSSR count). The Labute approximate surface area is 143 Å². The van der Waals surface area contributed by atoms with Crippen LogP contribution in [0, 0.1) is 12.3 Å². The minimum atomic E-state index is 0.0309. The smallest absolute Gasteiger partial charge is 0.156 e. The maximum absolute atomic E-state index is 12.0. The first-order valence-corrected chi connectivity index (χ1v) is 8.36. The molecule has 0 aliphatic heterocycles. The molecule has 3 heteroatoms. The Bertz CT molecular complexity index is 810. The maximum atomic E-state index is 12.0. The van der Waals surface area contributed by atoms with E-state index in [2.05, 4.69) is 42.8 Å². The largest absolute Gasteiger partial charge is 0.295 e. The zero-order valence-corrected chi connectivity index (χ0v) is 14.6. The van der Waals surface area contributed by atoms with Crippen molar-refractivity contribution in [2.75, 3.05) is 0 Å². The van der Waals surface area contributed by atoms with Crippen molar-refractivity contribution in [2.24, 2.45) is 5.41 Å². The molecule has 1 aliphatic carbocycles. The van der Waals surface area contributed by atoms with Crippen molar-refractivity contribution in [3.63, 3.8) is 0 Å². The normalized spacial score (nSPS) is 16.8. The fourth-order valence-corrected chi connectivity index (χ4v) is 3.60. The van der Waals surface area contributed by atoms with Crippen molar-refractivity contribution in [2.45, 2.75) is 40.0 Å². The van der Waals surface area contributed by atoms with E-state index in [1.807, 2.05) is 31.2 Å². The van der Waals surface area contributed by atoms with E-state index in [4.69, 9.17) is 0 Å². The molecule has 0 fully saturated rings. The summed E-state index contributed by atoms with van der Waals surface area (Å²) < 4.78 is 0. The number of ketones is 1. The van der Waals surface area contributed by atoms with Crippen LogP contribution in [-0.4, -0.2) is 16.0 Å². The molecule has 2 aromatic rings. The quantitative estimate of drug-likeness (QED) is 0.892. The summed E-state index contributed by atoms with van der Waals surface area (Å²) >= 11 is 0. The van der Waals surface area contributed by atoms with Crippen LogP contribution in [0.1, 0.15) is 49.2 Å². The van der Waals surface area contributed by atoms with E-state index >= 15 is 0 Å². The number of nitrogens with one attached hydrogen (secondary N) is 1. The van der Waals surface area contributed by atoms with Gasteiger partial charge in [-0.2, -0.15) is 5.10 Å². The summed E-state index contributed by atoms with van der Waals surface area (Å²) in [5, 5.41) is 7.58. The Morgan fingerprint density at radius 2 is 1.96 bits per heavy atom. The summed E-state index contributed by atoms with van der Waals surface area (Å²) in [6.45, 7) is 10.6. The van der Waals surface area contributed by atoms with E-state index in [1.54, 1.807) is 0 Å². The van der Waals surface area contributed by atoms with Crippen LogP contribution >= 0.6 is 0 Å². The first-order chi connectivity index (χ1) is 11.4. The van der Waals surface area contributed by atoms with Gasteiger partial charge in [0.2, 0.25) is 0 Å². The standard InChI is InChI=1S/C21H24N2O/c1-14(17-8-6-5-7-9-17)20-15(2)22-23-19(20)11-16-10-18(24)13-21(3,4)12-16/h5-10H,1,11-13H2,2-4H3,(H,22,23). The zero-order chi connectivity index (χ0) is 17.3. The lowest BCUT2D eigenvalue weighted by Crippen LogP contribution is -2.22. The molecule has 0 saturated heterocycles. The van der Waals surface area contributed by atoms with Gasteiger partial charge in [0.15, 0.2) is 5.78 Å². The third kappa shape index (κ3) is 3.40. The molecule has 0 amide bonds. The van der Waals surface area contributed by atoms with E-state index in [-0.39, 0.29) is 11.2 Å². The average Bonchev–Trinajstić information content (AvgIpc) is 2.86. The van der Waals surface area contributed by atoms with Crippen LogP contribution in [0.3, 0.4) is 0 Å². The van der Waals surface area contributed by atoms with Crippen molar-refractivity contribution in [3.05, 3.63) is 71.1 Å². The van der Waals surface area contributed by atoms with Crippen LogP contribution in [0.25, 0.3) is 5.57 Å². The average molecular weight is 320 g/mol. The molecule has 0 saturated carbocycles. The van der Waals surface area contributed by atoms with Gasteiger partial charge >= 0.3 is 0 Å². The Balaban J connectivity index is 1.91. The first kappa shape index (κ1) is 16.4. The molecule has 1 aromatic carbocycles. The van der Waals surface area contributed by atoms with Crippen molar-refractivity contribution in [3.8, 4) is 0 Å². The lowest BCUT2D eigenvalue weighted by Gasteiger charge is -2.28. The number of aromatic amines is 1. The number of carbonyl (C=O) groups excluding carboxylic acids is 1. The summed E-state index contributed by atoms with van der Waals surface area (Å²) in [7, 11) is 0. The van der Waals surface area contributed by atoms with Gasteiger partial charge in [0.05, 0.1) is 5.69 Å². The number of aryl methyl sites for hydroxylation is 1. The van der Waals surface area contributed by atoms with Crippen molar-refractivity contribution in [1.29, 1.82) is 0 Å². The molecule has 1 aromatic heterocycles. The number of aromatic nitrogens is 2. The monoisotopic (exact) mass is 320 g/mol. The second-order valence-electron chi connectivity index (χ2n) is 7.48. The number of hydrogen-bond donors (Lipinski definition) is 1. The molecular formula is C21H24N2O. The third-order valence-electron chi connectivity index (χ3n) is 4.56. The number of carbonyl (C=O) groups is 1. The van der Waals surface area contributed by atoms with E-state index in [0.717, 1.165) is 40.1 Å². The SMILES string of the molecule is C=C(c1ccccc1)c1c(CC2=CC(=O)CC(C)(C)C2)n[nH]c1C. The van der Waals surface area contributed by atoms with Crippen molar-refractivity contribution >= 4 is 11.4 Å². The molecule has 3 nitrogen and oxygen atoms in total. The van der Waals surface area contributed by atoms with Gasteiger partial charge in [-0.25, -0.2) is 0 Å². The summed E-state index contributed by atoms with van der Waals surface area (Å²) in [5.41, 5.74) is 6.31. The molecular weight excluding hydrogens is 296 g/mol. The predicted molar refractivity (Wildman–Crippen MR) is 97.7 cm³/mol. The minimum absolute atomic E-state index is 0.0309. The van der Waals surface area contributed by atoms with Crippen molar-refractivity contribution in [1.82, 2.24) is 10.2 Å². The van der Waals surface area contributed by atoms with E-state index in [9.17, 15) is 4.79 Å². The van der Waals surface area contributed by atoms with Gasteiger partial charge in [0, 0.05) is 24.1 Å². The van der Waals surface area contributed by atoms with Crippen LogP contribution < -0.4 is 0 Å². The van der Waals surface area contributed by atoms with Gasteiger partial charge in [-0.1, -0.05) is 56.3 Å². The second-order valence-corrected chi connectivity index (χ2v) is 7.48. The van der Waals surface area contributed by atoms with Crippen LogP contribution in [-0.2, 0) is 11.2 Å². The van der Waals surface area contributed by atoms with Gasteiger partial charge in [-0.05, 0) is 36.0 Å². The number of H-pyrrole nitrogens is 1. The molecule has 0 unspecified atom stereocenters. The van der Waals surface area contributed by atoms with E-state index < -0.39 is 0 Å². The highest BCUT2D eigenvalue weighted by Gasteiger charge is 2.28. The van der Waals surface area contributed by atoms with Crippen molar-refractivity contribution < 1.29 is 4.79 Å². The highest BCUT2D eigenvalue weighted by molar-refractivity contribution is 5.92. The molecule has 1 N–H and O–H groups in total. The fourth-order valence-electron chi connectivity index (χ4n) is 3.60. The summed E-state index contributed by atoms with van der Waals surface area (Å²) in [5.74, 6) is 0.219. The lowest BCUT2D eigenvalue weighted by atomic mass is 9.75. The second kappa shape index (κ2) is 6.23. The fraction of sp³-hybridized carbons (Fsp3) is 0.333. The molecule has 124 valence electrons. The Hall–Kier alpha value is -2.42.